The number of Topliss-reactive ketones (excluding diaryl/α,β-unsaturated/α-hetero) is 1. The van der Waals surface area contributed by atoms with Crippen LogP contribution in [-0.4, -0.2) is 42.5 Å². The number of aliphatic hydroxyl groups excluding tert-OH is 1. The molecule has 0 spiro atoms. The fraction of sp³-hybridized carbons (Fsp3) is 0.172. The Morgan fingerprint density at radius 3 is 2.49 bits per heavy atom. The van der Waals surface area contributed by atoms with Gasteiger partial charge in [-0.1, -0.05) is 35.9 Å². The fourth-order valence-corrected chi connectivity index (χ4v) is 4.76. The van der Waals surface area contributed by atoms with Gasteiger partial charge in [-0.05, 0) is 66.1 Å². The molecular formula is C29H24ClNO6. The zero-order valence-corrected chi connectivity index (χ0v) is 21.0. The van der Waals surface area contributed by atoms with Crippen molar-refractivity contribution >= 4 is 34.3 Å². The number of benzene rings is 3. The molecule has 4 aromatic rings. The van der Waals surface area contributed by atoms with Crippen LogP contribution in [0.3, 0.4) is 0 Å². The van der Waals surface area contributed by atoms with Crippen molar-refractivity contribution in [1.29, 1.82) is 0 Å². The molecule has 0 aliphatic carbocycles. The van der Waals surface area contributed by atoms with Crippen LogP contribution in [0.4, 0.5) is 0 Å². The highest BCUT2D eigenvalue weighted by atomic mass is 35.5. The summed E-state index contributed by atoms with van der Waals surface area (Å²) in [6.07, 6.45) is 0.508. The highest BCUT2D eigenvalue weighted by molar-refractivity contribution is 6.31. The SMILES string of the molecule is COc1ccc(CCN2C(=O)C(O)=C(C(=O)c3cc4cc(Cl)ccc4o3)C2c2cccc(OC)c2)cc1. The Hall–Kier alpha value is -4.23. The standard InChI is InChI=1S/C29H24ClNO6/c1-35-21-9-6-17(7-10-21)12-13-31-26(18-4-3-5-22(15-18)36-2)25(28(33)29(31)34)27(32)24-16-19-14-20(30)8-11-23(19)37-24/h3-11,14-16,26,33H,12-13H2,1-2H3. The van der Waals surface area contributed by atoms with Gasteiger partial charge in [-0.25, -0.2) is 0 Å². The number of hydrogen-bond acceptors (Lipinski definition) is 6. The molecule has 188 valence electrons. The second-order valence-electron chi connectivity index (χ2n) is 8.66. The molecule has 1 amide bonds. The number of carbonyl (C=O) groups is 2. The molecule has 0 fully saturated rings. The number of fused-ring (bicyclic) bond motifs is 1. The normalized spacial score (nSPS) is 15.5. The van der Waals surface area contributed by atoms with Gasteiger partial charge in [0.1, 0.15) is 17.1 Å². The van der Waals surface area contributed by atoms with E-state index in [0.29, 0.717) is 33.7 Å². The van der Waals surface area contributed by atoms with E-state index in [4.69, 9.17) is 25.5 Å². The first-order valence-electron chi connectivity index (χ1n) is 11.6. The van der Waals surface area contributed by atoms with Gasteiger partial charge in [0, 0.05) is 17.0 Å². The Kier molecular flexibility index (Phi) is 6.63. The monoisotopic (exact) mass is 517 g/mol. The van der Waals surface area contributed by atoms with Crippen molar-refractivity contribution in [3.8, 4) is 11.5 Å². The zero-order valence-electron chi connectivity index (χ0n) is 20.2. The average molecular weight is 518 g/mol. The number of aliphatic hydroxyl groups is 1. The van der Waals surface area contributed by atoms with Crippen molar-refractivity contribution in [2.24, 2.45) is 0 Å². The molecular weight excluding hydrogens is 494 g/mol. The van der Waals surface area contributed by atoms with Gasteiger partial charge in [0.25, 0.3) is 5.91 Å². The maximum absolute atomic E-state index is 13.7. The Balaban J connectivity index is 1.52. The van der Waals surface area contributed by atoms with Crippen LogP contribution in [0.15, 0.2) is 88.5 Å². The van der Waals surface area contributed by atoms with Gasteiger partial charge in [-0.15, -0.1) is 0 Å². The maximum atomic E-state index is 13.7. The van der Waals surface area contributed by atoms with Crippen LogP contribution in [0.25, 0.3) is 11.0 Å². The molecule has 1 aromatic heterocycles. The molecule has 1 unspecified atom stereocenters. The summed E-state index contributed by atoms with van der Waals surface area (Å²) in [5, 5.41) is 12.1. The maximum Gasteiger partial charge on any atom is 0.290 e. The van der Waals surface area contributed by atoms with Crippen LogP contribution < -0.4 is 9.47 Å². The number of furan rings is 1. The van der Waals surface area contributed by atoms with Crippen molar-refractivity contribution in [1.82, 2.24) is 4.90 Å². The quantitative estimate of drug-likeness (QED) is 0.292. The third kappa shape index (κ3) is 4.66. The van der Waals surface area contributed by atoms with E-state index in [2.05, 4.69) is 0 Å². The molecule has 1 atom stereocenters. The first-order valence-corrected chi connectivity index (χ1v) is 12.0. The largest absolute Gasteiger partial charge is 0.503 e. The molecule has 1 aliphatic heterocycles. The molecule has 3 aromatic carbocycles. The summed E-state index contributed by atoms with van der Waals surface area (Å²) >= 11 is 6.08. The van der Waals surface area contributed by atoms with Crippen molar-refractivity contribution in [2.45, 2.75) is 12.5 Å². The lowest BCUT2D eigenvalue weighted by atomic mass is 9.94. The van der Waals surface area contributed by atoms with Gasteiger partial charge in [0.2, 0.25) is 5.78 Å². The summed E-state index contributed by atoms with van der Waals surface area (Å²) < 4.78 is 16.4. The second-order valence-corrected chi connectivity index (χ2v) is 9.10. The number of methoxy groups -OCH3 is 2. The lowest BCUT2D eigenvalue weighted by Gasteiger charge is -2.27. The van der Waals surface area contributed by atoms with Crippen LogP contribution in [0.5, 0.6) is 11.5 Å². The second kappa shape index (κ2) is 10.0. The summed E-state index contributed by atoms with van der Waals surface area (Å²) in [6, 6.07) is 20.4. The lowest BCUT2D eigenvalue weighted by Crippen LogP contribution is -2.33. The smallest absolute Gasteiger partial charge is 0.290 e. The van der Waals surface area contributed by atoms with E-state index in [1.54, 1.807) is 62.8 Å². The minimum absolute atomic E-state index is 0.0107. The molecule has 0 bridgehead atoms. The van der Waals surface area contributed by atoms with Crippen LogP contribution in [-0.2, 0) is 11.2 Å². The predicted octanol–water partition coefficient (Wildman–Crippen LogP) is 5.92. The first kappa shape index (κ1) is 24.5. The number of carbonyl (C=O) groups excluding carboxylic acids is 2. The molecule has 0 saturated carbocycles. The topological polar surface area (TPSA) is 89.2 Å². The molecule has 0 saturated heterocycles. The van der Waals surface area contributed by atoms with E-state index in [1.165, 1.54) is 4.90 Å². The molecule has 0 radical (unpaired) electrons. The summed E-state index contributed by atoms with van der Waals surface area (Å²) in [5.41, 5.74) is 2.05. The minimum atomic E-state index is -0.829. The summed E-state index contributed by atoms with van der Waals surface area (Å²) in [7, 11) is 3.14. The third-order valence-corrected chi connectivity index (χ3v) is 6.70. The molecule has 5 rings (SSSR count). The Morgan fingerprint density at radius 1 is 1.00 bits per heavy atom. The molecule has 1 N–H and O–H groups in total. The van der Waals surface area contributed by atoms with Crippen LogP contribution in [0.1, 0.15) is 27.7 Å². The number of amides is 1. The molecule has 7 nitrogen and oxygen atoms in total. The highest BCUT2D eigenvalue weighted by Gasteiger charge is 2.44. The van der Waals surface area contributed by atoms with Crippen molar-refractivity contribution in [3.63, 3.8) is 0 Å². The van der Waals surface area contributed by atoms with Gasteiger partial charge < -0.3 is 23.9 Å². The van der Waals surface area contributed by atoms with E-state index in [0.717, 1.165) is 11.3 Å². The van der Waals surface area contributed by atoms with Gasteiger partial charge in [-0.3, -0.25) is 9.59 Å². The van der Waals surface area contributed by atoms with E-state index < -0.39 is 23.5 Å². The van der Waals surface area contributed by atoms with Crippen LogP contribution >= 0.6 is 11.6 Å². The van der Waals surface area contributed by atoms with Crippen molar-refractivity contribution in [2.75, 3.05) is 20.8 Å². The zero-order chi connectivity index (χ0) is 26.1. The molecule has 1 aliphatic rings. The highest BCUT2D eigenvalue weighted by Crippen LogP contribution is 2.40. The average Bonchev–Trinajstić information content (AvgIpc) is 3.45. The number of ketones is 1. The van der Waals surface area contributed by atoms with Gasteiger partial charge in [0.05, 0.1) is 25.8 Å². The van der Waals surface area contributed by atoms with Crippen LogP contribution in [0, 0.1) is 0 Å². The minimum Gasteiger partial charge on any atom is -0.503 e. The number of rotatable bonds is 8. The number of nitrogens with zero attached hydrogens (tertiary/aromatic N) is 1. The van der Waals surface area contributed by atoms with Gasteiger partial charge in [-0.2, -0.15) is 0 Å². The van der Waals surface area contributed by atoms with Crippen molar-refractivity contribution in [3.05, 3.63) is 106 Å². The molecule has 2 heterocycles. The third-order valence-electron chi connectivity index (χ3n) is 6.46. The van der Waals surface area contributed by atoms with E-state index in [9.17, 15) is 14.7 Å². The Morgan fingerprint density at radius 2 is 1.76 bits per heavy atom. The predicted molar refractivity (Wildman–Crippen MR) is 139 cm³/mol. The van der Waals surface area contributed by atoms with E-state index in [1.807, 2.05) is 24.3 Å². The molecule has 37 heavy (non-hydrogen) atoms. The number of hydrogen-bond donors (Lipinski definition) is 1. The van der Waals surface area contributed by atoms with E-state index >= 15 is 0 Å². The van der Waals surface area contributed by atoms with Gasteiger partial charge in [0.15, 0.2) is 11.5 Å². The first-order chi connectivity index (χ1) is 17.9. The Labute approximate surface area is 218 Å². The van der Waals surface area contributed by atoms with Crippen molar-refractivity contribution < 1.29 is 28.6 Å². The van der Waals surface area contributed by atoms with Crippen LogP contribution in [0.2, 0.25) is 5.02 Å². The van der Waals surface area contributed by atoms with E-state index in [-0.39, 0.29) is 17.9 Å². The summed E-state index contributed by atoms with van der Waals surface area (Å²) in [5.74, 6) is -0.476. The van der Waals surface area contributed by atoms with Gasteiger partial charge >= 0.3 is 0 Å². The Bertz CT molecular complexity index is 1520. The number of halogens is 1. The summed E-state index contributed by atoms with van der Waals surface area (Å²) in [4.78, 5) is 28.5. The number of ether oxygens (including phenoxy) is 2. The fourth-order valence-electron chi connectivity index (χ4n) is 4.57. The molecule has 8 heteroatoms. The lowest BCUT2D eigenvalue weighted by molar-refractivity contribution is -0.129. The summed E-state index contributed by atoms with van der Waals surface area (Å²) in [6.45, 7) is 0.267.